The molecule has 0 radical (unpaired) electrons. The maximum Gasteiger partial charge on any atom is 0.312 e. The van der Waals surface area contributed by atoms with E-state index in [1.807, 2.05) is 18.2 Å². The Morgan fingerprint density at radius 2 is 1.74 bits per heavy atom. The van der Waals surface area contributed by atoms with Gasteiger partial charge in [0.05, 0.1) is 0 Å². The molecule has 2 aliphatic rings. The molecule has 5 nitrogen and oxygen atoms in total. The molecular formula is C18H25N3O2. The van der Waals surface area contributed by atoms with Crippen molar-refractivity contribution in [3.05, 3.63) is 35.4 Å². The van der Waals surface area contributed by atoms with E-state index in [4.69, 9.17) is 0 Å². The van der Waals surface area contributed by atoms with Gasteiger partial charge in [-0.25, -0.2) is 0 Å². The van der Waals surface area contributed by atoms with Gasteiger partial charge >= 0.3 is 11.8 Å². The Morgan fingerprint density at radius 3 is 2.43 bits per heavy atom. The smallest absolute Gasteiger partial charge is 0.312 e. The van der Waals surface area contributed by atoms with Crippen LogP contribution in [0.1, 0.15) is 24.0 Å². The zero-order valence-corrected chi connectivity index (χ0v) is 14.0. The minimum Gasteiger partial charge on any atom is -0.334 e. The number of likely N-dealkylation sites (tertiary alicyclic amines) is 1. The van der Waals surface area contributed by atoms with Crippen LogP contribution in [0.15, 0.2) is 24.3 Å². The summed E-state index contributed by atoms with van der Waals surface area (Å²) >= 11 is 0. The van der Waals surface area contributed by atoms with Crippen LogP contribution >= 0.6 is 0 Å². The van der Waals surface area contributed by atoms with E-state index < -0.39 is 0 Å². The van der Waals surface area contributed by atoms with Crippen LogP contribution in [0, 0.1) is 0 Å². The zero-order valence-electron chi connectivity index (χ0n) is 14.0. The number of likely N-dealkylation sites (N-methyl/N-ethyl adjacent to an activating group) is 1. The normalized spacial score (nSPS) is 19.3. The lowest BCUT2D eigenvalue weighted by molar-refractivity contribution is -0.153. The van der Waals surface area contributed by atoms with Crippen LogP contribution in [0.25, 0.3) is 0 Å². The number of rotatable bonds is 1. The summed E-state index contributed by atoms with van der Waals surface area (Å²) in [6.45, 7) is 3.13. The van der Waals surface area contributed by atoms with E-state index >= 15 is 0 Å². The average molecular weight is 315 g/mol. The number of carbonyl (C=O) groups excluding carboxylic acids is 2. The van der Waals surface area contributed by atoms with Crippen molar-refractivity contribution >= 4 is 11.8 Å². The molecule has 0 aromatic heterocycles. The standard InChI is InChI=1S/C18H25N3O2/c1-19-10-8-16(9-11-19)20(2)17(22)18(23)21-12-7-14-5-3-4-6-15(14)13-21/h3-6,16H,7-13H2,1-2H3. The van der Waals surface area contributed by atoms with Crippen molar-refractivity contribution in [1.29, 1.82) is 0 Å². The third-order valence-corrected chi connectivity index (χ3v) is 5.16. The Kier molecular flexibility index (Phi) is 4.66. The van der Waals surface area contributed by atoms with Gasteiger partial charge in [0, 0.05) is 26.2 Å². The number of fused-ring (bicyclic) bond motifs is 1. The summed E-state index contributed by atoms with van der Waals surface area (Å²) in [6, 6.07) is 8.33. The molecule has 23 heavy (non-hydrogen) atoms. The van der Waals surface area contributed by atoms with Crippen molar-refractivity contribution in [1.82, 2.24) is 14.7 Å². The number of carbonyl (C=O) groups is 2. The van der Waals surface area contributed by atoms with Crippen molar-refractivity contribution in [3.8, 4) is 0 Å². The number of benzene rings is 1. The molecule has 0 aliphatic carbocycles. The van der Waals surface area contributed by atoms with Crippen LogP contribution in [0.4, 0.5) is 0 Å². The second-order valence-electron chi connectivity index (χ2n) is 6.70. The first kappa shape index (κ1) is 16.0. The molecule has 1 aromatic carbocycles. The average Bonchev–Trinajstić information content (AvgIpc) is 2.60. The molecule has 1 fully saturated rings. The fraction of sp³-hybridized carbons (Fsp3) is 0.556. The molecule has 0 unspecified atom stereocenters. The number of amides is 2. The summed E-state index contributed by atoms with van der Waals surface area (Å²) in [5.74, 6) is -0.722. The Hall–Kier alpha value is -1.88. The van der Waals surface area contributed by atoms with Gasteiger partial charge in [-0.05, 0) is 50.5 Å². The summed E-state index contributed by atoms with van der Waals surface area (Å²) in [7, 11) is 3.86. The predicted octanol–water partition coefficient (Wildman–Crippen LogP) is 1.12. The third-order valence-electron chi connectivity index (χ3n) is 5.16. The van der Waals surface area contributed by atoms with Gasteiger partial charge in [-0.2, -0.15) is 0 Å². The monoisotopic (exact) mass is 315 g/mol. The van der Waals surface area contributed by atoms with Crippen LogP contribution in [-0.4, -0.2) is 66.3 Å². The van der Waals surface area contributed by atoms with Gasteiger partial charge in [-0.3, -0.25) is 9.59 Å². The number of hydrogen-bond acceptors (Lipinski definition) is 3. The van der Waals surface area contributed by atoms with Gasteiger partial charge in [-0.1, -0.05) is 24.3 Å². The van der Waals surface area contributed by atoms with E-state index in [1.54, 1.807) is 16.8 Å². The van der Waals surface area contributed by atoms with E-state index in [9.17, 15) is 9.59 Å². The molecular weight excluding hydrogens is 290 g/mol. The minimum absolute atomic E-state index is 0.180. The Balaban J connectivity index is 1.63. The molecule has 3 rings (SSSR count). The molecule has 0 saturated carbocycles. The SMILES string of the molecule is CN1CCC(N(C)C(=O)C(=O)N2CCc3ccccc3C2)CC1. The fourth-order valence-electron chi connectivity index (χ4n) is 3.50. The van der Waals surface area contributed by atoms with Gasteiger partial charge in [-0.15, -0.1) is 0 Å². The molecule has 5 heteroatoms. The Morgan fingerprint density at radius 1 is 1.09 bits per heavy atom. The van der Waals surface area contributed by atoms with Gasteiger partial charge in [0.15, 0.2) is 0 Å². The van der Waals surface area contributed by atoms with E-state index in [1.165, 1.54) is 5.56 Å². The van der Waals surface area contributed by atoms with Crippen LogP contribution in [-0.2, 0) is 22.6 Å². The van der Waals surface area contributed by atoms with Crippen LogP contribution < -0.4 is 0 Å². The predicted molar refractivity (Wildman–Crippen MR) is 88.9 cm³/mol. The molecule has 1 aromatic rings. The molecule has 0 spiro atoms. The maximum absolute atomic E-state index is 12.6. The summed E-state index contributed by atoms with van der Waals surface area (Å²) in [4.78, 5) is 30.8. The van der Waals surface area contributed by atoms with Crippen molar-refractivity contribution in [2.75, 3.05) is 33.7 Å². The molecule has 1 saturated heterocycles. The summed E-state index contributed by atoms with van der Waals surface area (Å²) < 4.78 is 0. The van der Waals surface area contributed by atoms with E-state index in [-0.39, 0.29) is 17.9 Å². The first-order valence-corrected chi connectivity index (χ1v) is 8.37. The van der Waals surface area contributed by atoms with Crippen molar-refractivity contribution < 1.29 is 9.59 Å². The lowest BCUT2D eigenvalue weighted by Crippen LogP contribution is -2.51. The highest BCUT2D eigenvalue weighted by atomic mass is 16.2. The van der Waals surface area contributed by atoms with Gasteiger partial charge < -0.3 is 14.7 Å². The van der Waals surface area contributed by atoms with Crippen molar-refractivity contribution in [2.45, 2.75) is 31.8 Å². The molecule has 2 aliphatic heterocycles. The van der Waals surface area contributed by atoms with Crippen LogP contribution in [0.5, 0.6) is 0 Å². The topological polar surface area (TPSA) is 43.9 Å². The highest BCUT2D eigenvalue weighted by Crippen LogP contribution is 2.20. The summed E-state index contributed by atoms with van der Waals surface area (Å²) in [5, 5.41) is 0. The van der Waals surface area contributed by atoms with Crippen LogP contribution in [0.3, 0.4) is 0 Å². The van der Waals surface area contributed by atoms with Gasteiger partial charge in [0.25, 0.3) is 0 Å². The Labute approximate surface area is 137 Å². The van der Waals surface area contributed by atoms with Crippen molar-refractivity contribution in [2.24, 2.45) is 0 Å². The minimum atomic E-state index is -0.362. The molecule has 2 amide bonds. The summed E-state index contributed by atoms with van der Waals surface area (Å²) in [5.41, 5.74) is 2.44. The second-order valence-corrected chi connectivity index (χ2v) is 6.70. The lowest BCUT2D eigenvalue weighted by atomic mass is 9.99. The van der Waals surface area contributed by atoms with Gasteiger partial charge in [0.1, 0.15) is 0 Å². The number of hydrogen-bond donors (Lipinski definition) is 0. The highest BCUT2D eigenvalue weighted by Gasteiger charge is 2.32. The maximum atomic E-state index is 12.6. The fourth-order valence-corrected chi connectivity index (χ4v) is 3.50. The Bertz CT molecular complexity index is 594. The highest BCUT2D eigenvalue weighted by molar-refractivity contribution is 6.34. The first-order chi connectivity index (χ1) is 11.1. The van der Waals surface area contributed by atoms with Gasteiger partial charge in [0.2, 0.25) is 0 Å². The quantitative estimate of drug-likeness (QED) is 0.730. The summed E-state index contributed by atoms with van der Waals surface area (Å²) in [6.07, 6.45) is 2.71. The molecule has 0 atom stereocenters. The molecule has 0 bridgehead atoms. The molecule has 124 valence electrons. The van der Waals surface area contributed by atoms with Crippen LogP contribution in [0.2, 0.25) is 0 Å². The van der Waals surface area contributed by atoms with E-state index in [0.717, 1.165) is 37.9 Å². The zero-order chi connectivity index (χ0) is 16.4. The van der Waals surface area contributed by atoms with E-state index in [0.29, 0.717) is 13.1 Å². The lowest BCUT2D eigenvalue weighted by Gasteiger charge is -2.36. The molecule has 2 heterocycles. The largest absolute Gasteiger partial charge is 0.334 e. The first-order valence-electron chi connectivity index (χ1n) is 8.37. The van der Waals surface area contributed by atoms with E-state index in [2.05, 4.69) is 18.0 Å². The second kappa shape index (κ2) is 6.71. The van der Waals surface area contributed by atoms with Crippen molar-refractivity contribution in [3.63, 3.8) is 0 Å². The number of nitrogens with zero attached hydrogens (tertiary/aromatic N) is 3. The number of piperidine rings is 1. The third kappa shape index (κ3) is 3.39. The molecule has 0 N–H and O–H groups in total.